The number of sulfone groups is 1. The first kappa shape index (κ1) is 45.7. The van der Waals surface area contributed by atoms with Crippen molar-refractivity contribution < 1.29 is 37.8 Å². The predicted octanol–water partition coefficient (Wildman–Crippen LogP) is 2.80. The van der Waals surface area contributed by atoms with Crippen LogP contribution >= 0.6 is 0 Å². The molecule has 2 bridgehead atoms. The summed E-state index contributed by atoms with van der Waals surface area (Å²) in [5, 5.41) is 29.9. The molecule has 6 rings (SSSR count). The smallest absolute Gasteiger partial charge is 0.240 e. The number of ether oxygens (including phenoxy) is 1. The Balaban J connectivity index is 1.33. The van der Waals surface area contributed by atoms with Gasteiger partial charge in [0.1, 0.15) is 22.0 Å². The number of carbonyl (C=O) groups is 2. The molecule has 0 aromatic heterocycles. The molecule has 5 aliphatic carbocycles. The van der Waals surface area contributed by atoms with Gasteiger partial charge in [0.15, 0.2) is 0 Å². The highest BCUT2D eigenvalue weighted by atomic mass is 32.2. The minimum Gasteiger partial charge on any atom is -0.394 e. The van der Waals surface area contributed by atoms with Crippen LogP contribution in [0.4, 0.5) is 0 Å². The Labute approximate surface area is 338 Å². The molecule has 0 spiro atoms. The van der Waals surface area contributed by atoms with Crippen molar-refractivity contribution in [1.82, 2.24) is 25.5 Å². The molecular formula is C42H77N5O8S. The molecule has 13 nitrogen and oxygen atoms in total. The summed E-state index contributed by atoms with van der Waals surface area (Å²) in [6.45, 7) is 11.9. The van der Waals surface area contributed by atoms with Crippen molar-refractivity contribution in [2.24, 2.45) is 52.8 Å². The standard InChI is InChI=1S/C42H77N5O8S/c1-11-54-39-27(22-47-38(37(26(3)49)36(24-48)55-47)41(51)44-35-21-30-20-34(25(35)2)42(30,4)5)13-12-14-33(39)28-17-29(19-32(18-28)46(8)9)40(50)43-31(23-45(6)7)15-16-56(10,52)53/h25-39,48-49H,11-24H2,1-10H3,(H,43,50)(H,44,51)/t25-,26-,27?,28?,29?,30+,31-,32?,33?,34-,35-,36-,37+,38-,39?/m0/s1. The Morgan fingerprint density at radius 3 is 2.34 bits per heavy atom. The molecule has 56 heavy (non-hydrogen) atoms. The van der Waals surface area contributed by atoms with E-state index in [0.717, 1.165) is 44.9 Å². The number of hydroxylamine groups is 2. The Morgan fingerprint density at radius 2 is 1.77 bits per heavy atom. The van der Waals surface area contributed by atoms with Crippen molar-refractivity contribution in [3.63, 3.8) is 0 Å². The van der Waals surface area contributed by atoms with Gasteiger partial charge >= 0.3 is 0 Å². The second-order valence-corrected chi connectivity index (χ2v) is 22.0. The summed E-state index contributed by atoms with van der Waals surface area (Å²) < 4.78 is 30.7. The highest BCUT2D eigenvalue weighted by molar-refractivity contribution is 7.90. The van der Waals surface area contributed by atoms with Crippen LogP contribution in [0.1, 0.15) is 92.4 Å². The molecule has 2 amide bonds. The van der Waals surface area contributed by atoms with E-state index in [4.69, 9.17) is 9.57 Å². The van der Waals surface area contributed by atoms with Crippen LogP contribution in [0.15, 0.2) is 0 Å². The zero-order valence-electron chi connectivity index (χ0n) is 36.2. The van der Waals surface area contributed by atoms with Crippen LogP contribution in [0.5, 0.6) is 0 Å². The minimum absolute atomic E-state index is 0.00565. The highest BCUT2D eigenvalue weighted by Gasteiger charge is 2.58. The zero-order valence-corrected chi connectivity index (χ0v) is 37.0. The number of nitrogens with one attached hydrogen (secondary N) is 2. The first-order chi connectivity index (χ1) is 26.2. The SMILES string of the molecule is CCOC1C(CN2O[C@@H](CO)[C@@H]([C@H](C)O)[C@H]2C(=O)N[C@H]2C[C@H]3C[C@@H]([C@@H]2C)C3(C)C)CCCC1C1CC(C(=O)N[C@@H](CCS(C)(=O)=O)CN(C)C)CC(N(C)C)C1. The molecule has 6 aliphatic rings. The van der Waals surface area contributed by atoms with Gasteiger partial charge in [0.05, 0.1) is 24.6 Å². The van der Waals surface area contributed by atoms with Crippen LogP contribution in [-0.4, -0.2) is 154 Å². The molecule has 6 fully saturated rings. The molecule has 324 valence electrons. The molecular weight excluding hydrogens is 735 g/mol. The van der Waals surface area contributed by atoms with Crippen molar-refractivity contribution >= 4 is 21.7 Å². The number of hydrogen-bond acceptors (Lipinski definition) is 11. The number of hydrogen-bond donors (Lipinski definition) is 4. The van der Waals surface area contributed by atoms with E-state index >= 15 is 0 Å². The Kier molecular flexibility index (Phi) is 15.4. The maximum absolute atomic E-state index is 14.4. The lowest BCUT2D eigenvalue weighted by Crippen LogP contribution is -2.62. The number of aliphatic hydroxyl groups excluding tert-OH is 2. The van der Waals surface area contributed by atoms with E-state index in [9.17, 15) is 28.2 Å². The van der Waals surface area contributed by atoms with Crippen LogP contribution in [-0.2, 0) is 29.0 Å². The number of fused-ring (bicyclic) bond motifs is 2. The van der Waals surface area contributed by atoms with Crippen molar-refractivity contribution in [3.05, 3.63) is 0 Å². The average molecular weight is 812 g/mol. The number of rotatable bonds is 17. The van der Waals surface area contributed by atoms with Gasteiger partial charge in [-0.2, -0.15) is 5.06 Å². The summed E-state index contributed by atoms with van der Waals surface area (Å²) in [6.07, 6.45) is 7.41. The van der Waals surface area contributed by atoms with Gasteiger partial charge in [-0.3, -0.25) is 14.4 Å². The molecule has 0 radical (unpaired) electrons. The van der Waals surface area contributed by atoms with E-state index in [2.05, 4.69) is 50.4 Å². The van der Waals surface area contributed by atoms with Gasteiger partial charge in [-0.15, -0.1) is 0 Å². The summed E-state index contributed by atoms with van der Waals surface area (Å²) in [7, 11) is 4.86. The summed E-state index contributed by atoms with van der Waals surface area (Å²) in [5.74, 6) is 1.08. The molecule has 6 unspecified atom stereocenters. The zero-order chi connectivity index (χ0) is 41.3. The fourth-order valence-corrected chi connectivity index (χ4v) is 12.5. The van der Waals surface area contributed by atoms with Gasteiger partial charge in [0.2, 0.25) is 11.8 Å². The lowest BCUT2D eigenvalue weighted by Gasteiger charge is -2.62. The van der Waals surface area contributed by atoms with Gasteiger partial charge in [0, 0.05) is 61.8 Å². The molecule has 0 aromatic carbocycles. The van der Waals surface area contributed by atoms with Crippen molar-refractivity contribution in [3.8, 4) is 0 Å². The third-order valence-corrected chi connectivity index (χ3v) is 16.0. The topological polar surface area (TPSA) is 161 Å². The van der Waals surface area contributed by atoms with E-state index in [1.54, 1.807) is 12.0 Å². The van der Waals surface area contributed by atoms with E-state index in [1.165, 1.54) is 12.7 Å². The largest absolute Gasteiger partial charge is 0.394 e. The molecule has 14 heteroatoms. The summed E-state index contributed by atoms with van der Waals surface area (Å²) in [6, 6.07) is -0.732. The fraction of sp³-hybridized carbons (Fsp3) is 0.952. The van der Waals surface area contributed by atoms with Crippen molar-refractivity contribution in [2.75, 3.05) is 66.5 Å². The predicted molar refractivity (Wildman–Crippen MR) is 218 cm³/mol. The summed E-state index contributed by atoms with van der Waals surface area (Å²) >= 11 is 0. The average Bonchev–Trinajstić information content (AvgIpc) is 3.49. The van der Waals surface area contributed by atoms with Crippen molar-refractivity contribution in [1.29, 1.82) is 0 Å². The molecule has 0 aromatic rings. The maximum Gasteiger partial charge on any atom is 0.240 e. The molecule has 4 N–H and O–H groups in total. The van der Waals surface area contributed by atoms with Crippen molar-refractivity contribution in [2.45, 2.75) is 135 Å². The Bertz CT molecular complexity index is 1430. The number of likely N-dealkylation sites (N-methyl/N-ethyl adjacent to an activating group) is 1. The lowest BCUT2D eigenvalue weighted by atomic mass is 9.45. The lowest BCUT2D eigenvalue weighted by molar-refractivity contribution is -0.194. The molecule has 15 atom stereocenters. The Morgan fingerprint density at radius 1 is 1.05 bits per heavy atom. The number of carbonyl (C=O) groups excluding carboxylic acids is 2. The first-order valence-electron chi connectivity index (χ1n) is 21.7. The maximum atomic E-state index is 14.4. The second-order valence-electron chi connectivity index (χ2n) is 19.7. The third kappa shape index (κ3) is 10.5. The normalized spacial score (nSPS) is 38.6. The summed E-state index contributed by atoms with van der Waals surface area (Å²) in [4.78, 5) is 39.1. The van der Waals surface area contributed by atoms with E-state index in [-0.39, 0.29) is 72.1 Å². The number of nitrogens with zero attached hydrogens (tertiary/aromatic N) is 3. The van der Waals surface area contributed by atoms with Gasteiger partial charge in [-0.05, 0) is 128 Å². The Hall–Kier alpha value is -1.39. The monoisotopic (exact) mass is 812 g/mol. The third-order valence-electron chi connectivity index (χ3n) is 15.0. The second kappa shape index (κ2) is 18.9. The molecule has 1 aliphatic heterocycles. The van der Waals surface area contributed by atoms with Crippen LogP contribution in [0, 0.1) is 52.8 Å². The molecule has 1 heterocycles. The van der Waals surface area contributed by atoms with Gasteiger partial charge < -0.3 is 35.4 Å². The van der Waals surface area contributed by atoms with E-state index in [1.807, 2.05) is 25.9 Å². The molecule has 5 saturated carbocycles. The van der Waals surface area contributed by atoms with Gasteiger partial charge in [-0.25, -0.2) is 8.42 Å². The first-order valence-corrected chi connectivity index (χ1v) is 23.7. The van der Waals surface area contributed by atoms with Crippen LogP contribution in [0.25, 0.3) is 0 Å². The molecule has 1 saturated heterocycles. The van der Waals surface area contributed by atoms with Crippen LogP contribution < -0.4 is 10.6 Å². The number of aliphatic hydroxyl groups is 2. The van der Waals surface area contributed by atoms with Gasteiger partial charge in [0.25, 0.3) is 0 Å². The summed E-state index contributed by atoms with van der Waals surface area (Å²) in [5.41, 5.74) is 0.294. The fourth-order valence-electron chi connectivity index (χ4n) is 11.8. The van der Waals surface area contributed by atoms with Crippen LogP contribution in [0.2, 0.25) is 0 Å². The van der Waals surface area contributed by atoms with E-state index in [0.29, 0.717) is 49.3 Å². The number of amides is 2. The van der Waals surface area contributed by atoms with Gasteiger partial charge in [-0.1, -0.05) is 27.2 Å². The highest BCUT2D eigenvalue weighted by Crippen LogP contribution is 2.61. The minimum atomic E-state index is -3.17. The quantitative estimate of drug-likeness (QED) is 0.171. The van der Waals surface area contributed by atoms with E-state index < -0.39 is 34.0 Å². The van der Waals surface area contributed by atoms with Crippen LogP contribution in [0.3, 0.4) is 0 Å².